The smallest absolute Gasteiger partial charge is 0.235 e. The van der Waals surface area contributed by atoms with E-state index < -0.39 is 0 Å². The van der Waals surface area contributed by atoms with Crippen LogP contribution in [0.4, 0.5) is 0 Å². The normalized spacial score (nSPS) is 17.7. The Bertz CT molecular complexity index is 430. The standard InChI is InChI=1S/C14H17NO2/c1-17-10-12-6-2-3-7-13(12)14(15-11-16)8-4-5-9-14/h2-3,6-7H,4-5,8-10H2,1H3. The van der Waals surface area contributed by atoms with Crippen LogP contribution in [0, 0.1) is 0 Å². The van der Waals surface area contributed by atoms with Crippen molar-refractivity contribution >= 4 is 6.08 Å². The second-order valence-electron chi connectivity index (χ2n) is 4.53. The van der Waals surface area contributed by atoms with Crippen molar-refractivity contribution in [2.75, 3.05) is 7.11 Å². The second-order valence-corrected chi connectivity index (χ2v) is 4.53. The highest BCUT2D eigenvalue weighted by Gasteiger charge is 2.36. The molecule has 0 aromatic heterocycles. The van der Waals surface area contributed by atoms with E-state index in [1.807, 2.05) is 18.2 Å². The van der Waals surface area contributed by atoms with Gasteiger partial charge >= 0.3 is 0 Å². The zero-order valence-electron chi connectivity index (χ0n) is 10.1. The van der Waals surface area contributed by atoms with E-state index in [9.17, 15) is 4.79 Å². The molecule has 0 bridgehead atoms. The van der Waals surface area contributed by atoms with E-state index in [2.05, 4.69) is 11.1 Å². The average Bonchev–Trinajstić information content (AvgIpc) is 2.80. The summed E-state index contributed by atoms with van der Waals surface area (Å²) in [5, 5.41) is 0. The van der Waals surface area contributed by atoms with Crippen molar-refractivity contribution in [2.45, 2.75) is 37.8 Å². The Kier molecular flexibility index (Phi) is 3.72. The zero-order valence-corrected chi connectivity index (χ0v) is 10.1. The van der Waals surface area contributed by atoms with Crippen molar-refractivity contribution < 1.29 is 9.53 Å². The lowest BCUT2D eigenvalue weighted by atomic mass is 9.85. The molecule has 1 aliphatic rings. The van der Waals surface area contributed by atoms with Crippen molar-refractivity contribution in [3.05, 3.63) is 35.4 Å². The molecule has 0 radical (unpaired) electrons. The summed E-state index contributed by atoms with van der Waals surface area (Å²) in [6.07, 6.45) is 5.85. The third-order valence-electron chi connectivity index (χ3n) is 3.51. The van der Waals surface area contributed by atoms with E-state index in [0.29, 0.717) is 6.61 Å². The molecule has 1 fully saturated rings. The van der Waals surface area contributed by atoms with E-state index in [1.165, 1.54) is 0 Å². The highest BCUT2D eigenvalue weighted by Crippen LogP contribution is 2.43. The predicted molar refractivity (Wildman–Crippen MR) is 65.4 cm³/mol. The first-order chi connectivity index (χ1) is 8.32. The third kappa shape index (κ3) is 2.31. The predicted octanol–water partition coefficient (Wildman–Crippen LogP) is 2.94. The summed E-state index contributed by atoms with van der Waals surface area (Å²) in [4.78, 5) is 14.8. The fraction of sp³-hybridized carbons (Fsp3) is 0.500. The van der Waals surface area contributed by atoms with Gasteiger partial charge in [-0.15, -0.1) is 0 Å². The molecule has 0 N–H and O–H groups in total. The van der Waals surface area contributed by atoms with Gasteiger partial charge in [-0.3, -0.25) is 0 Å². The fourth-order valence-corrected chi connectivity index (χ4v) is 2.74. The highest BCUT2D eigenvalue weighted by molar-refractivity contribution is 5.41. The first kappa shape index (κ1) is 12.0. The van der Waals surface area contributed by atoms with Gasteiger partial charge in [0.05, 0.1) is 12.1 Å². The van der Waals surface area contributed by atoms with Crippen molar-refractivity contribution in [1.29, 1.82) is 0 Å². The molecular weight excluding hydrogens is 214 g/mol. The summed E-state index contributed by atoms with van der Waals surface area (Å²) in [5.74, 6) is 0. The molecular formula is C14H17NO2. The molecule has 0 saturated heterocycles. The van der Waals surface area contributed by atoms with Crippen molar-refractivity contribution in [1.82, 2.24) is 0 Å². The minimum Gasteiger partial charge on any atom is -0.380 e. The van der Waals surface area contributed by atoms with Gasteiger partial charge in [0.15, 0.2) is 0 Å². The molecule has 1 aromatic rings. The average molecular weight is 231 g/mol. The number of nitrogens with zero attached hydrogens (tertiary/aromatic N) is 1. The topological polar surface area (TPSA) is 38.7 Å². The van der Waals surface area contributed by atoms with Crippen LogP contribution >= 0.6 is 0 Å². The molecule has 0 aliphatic heterocycles. The molecule has 0 unspecified atom stereocenters. The zero-order chi connectivity index (χ0) is 12.1. The monoisotopic (exact) mass is 231 g/mol. The summed E-state index contributed by atoms with van der Waals surface area (Å²) in [6.45, 7) is 0.562. The molecule has 0 spiro atoms. The number of carbonyl (C=O) groups excluding carboxylic acids is 1. The van der Waals surface area contributed by atoms with Gasteiger partial charge in [-0.05, 0) is 24.0 Å². The van der Waals surface area contributed by atoms with Gasteiger partial charge in [-0.25, -0.2) is 4.79 Å². The van der Waals surface area contributed by atoms with Crippen LogP contribution in [-0.4, -0.2) is 13.2 Å². The number of isocyanates is 1. The Morgan fingerprint density at radius 1 is 1.35 bits per heavy atom. The summed E-state index contributed by atoms with van der Waals surface area (Å²) in [7, 11) is 1.68. The van der Waals surface area contributed by atoms with Gasteiger partial charge < -0.3 is 4.74 Å². The Hall–Kier alpha value is -1.44. The maximum Gasteiger partial charge on any atom is 0.235 e. The number of hydrogen-bond acceptors (Lipinski definition) is 3. The summed E-state index contributed by atoms with van der Waals surface area (Å²) < 4.78 is 5.21. The lowest BCUT2D eigenvalue weighted by Crippen LogP contribution is -2.21. The fourth-order valence-electron chi connectivity index (χ4n) is 2.74. The van der Waals surface area contributed by atoms with Crippen LogP contribution in [0.5, 0.6) is 0 Å². The Balaban J connectivity index is 2.45. The minimum atomic E-state index is -0.350. The lowest BCUT2D eigenvalue weighted by Gasteiger charge is -2.25. The summed E-state index contributed by atoms with van der Waals surface area (Å²) in [6, 6.07) is 8.08. The van der Waals surface area contributed by atoms with Crippen LogP contribution in [0.25, 0.3) is 0 Å². The van der Waals surface area contributed by atoms with Crippen LogP contribution in [-0.2, 0) is 21.7 Å². The van der Waals surface area contributed by atoms with Crippen LogP contribution in [0.3, 0.4) is 0 Å². The van der Waals surface area contributed by atoms with Crippen molar-refractivity contribution in [3.63, 3.8) is 0 Å². The van der Waals surface area contributed by atoms with Gasteiger partial charge in [0.2, 0.25) is 6.08 Å². The number of hydrogen-bond donors (Lipinski definition) is 0. The molecule has 3 heteroatoms. The minimum absolute atomic E-state index is 0.350. The molecule has 0 heterocycles. The molecule has 0 atom stereocenters. The van der Waals surface area contributed by atoms with Crippen LogP contribution in [0.15, 0.2) is 29.3 Å². The quantitative estimate of drug-likeness (QED) is 0.590. The number of rotatable bonds is 4. The van der Waals surface area contributed by atoms with Crippen molar-refractivity contribution in [3.8, 4) is 0 Å². The van der Waals surface area contributed by atoms with Gasteiger partial charge in [0.1, 0.15) is 0 Å². The molecule has 17 heavy (non-hydrogen) atoms. The summed E-state index contributed by atoms with van der Waals surface area (Å²) >= 11 is 0. The number of methoxy groups -OCH3 is 1. The maximum atomic E-state index is 10.7. The second kappa shape index (κ2) is 5.26. The molecule has 90 valence electrons. The van der Waals surface area contributed by atoms with Gasteiger partial charge in [-0.1, -0.05) is 37.1 Å². The first-order valence-corrected chi connectivity index (χ1v) is 5.99. The van der Waals surface area contributed by atoms with Gasteiger partial charge in [0.25, 0.3) is 0 Å². The van der Waals surface area contributed by atoms with Crippen molar-refractivity contribution in [2.24, 2.45) is 4.99 Å². The van der Waals surface area contributed by atoms with E-state index >= 15 is 0 Å². The van der Waals surface area contributed by atoms with Crippen LogP contribution in [0.2, 0.25) is 0 Å². The molecule has 3 nitrogen and oxygen atoms in total. The molecule has 1 aliphatic carbocycles. The van der Waals surface area contributed by atoms with E-state index in [-0.39, 0.29) is 5.54 Å². The number of ether oxygens (including phenoxy) is 1. The SMILES string of the molecule is COCc1ccccc1C1(N=C=O)CCCC1. The molecule has 0 amide bonds. The van der Waals surface area contributed by atoms with E-state index in [0.717, 1.165) is 36.8 Å². The number of aliphatic imine (C=N–C) groups is 1. The summed E-state index contributed by atoms with van der Waals surface area (Å²) in [5.41, 5.74) is 1.90. The Labute approximate surface area is 102 Å². The van der Waals surface area contributed by atoms with Crippen LogP contribution < -0.4 is 0 Å². The van der Waals surface area contributed by atoms with Crippen LogP contribution in [0.1, 0.15) is 36.8 Å². The van der Waals surface area contributed by atoms with Gasteiger partial charge in [-0.2, -0.15) is 4.99 Å². The molecule has 1 saturated carbocycles. The molecule has 2 rings (SSSR count). The number of benzene rings is 1. The lowest BCUT2D eigenvalue weighted by molar-refractivity contribution is 0.182. The maximum absolute atomic E-state index is 10.7. The van der Waals surface area contributed by atoms with E-state index in [4.69, 9.17) is 4.74 Å². The molecule has 1 aromatic carbocycles. The Morgan fingerprint density at radius 3 is 2.71 bits per heavy atom. The third-order valence-corrected chi connectivity index (χ3v) is 3.51. The largest absolute Gasteiger partial charge is 0.380 e. The van der Waals surface area contributed by atoms with E-state index in [1.54, 1.807) is 13.2 Å². The van der Waals surface area contributed by atoms with Gasteiger partial charge in [0, 0.05) is 7.11 Å². The highest BCUT2D eigenvalue weighted by atomic mass is 16.5. The Morgan fingerprint density at radius 2 is 2.06 bits per heavy atom. The first-order valence-electron chi connectivity index (χ1n) is 5.99.